The SMILES string of the molecule is COc1ccccc1N1CC[C@H](CNC(=O)[C@@H]2CNC(=O)N2)C1. The number of urea groups is 1. The highest BCUT2D eigenvalue weighted by atomic mass is 16.5. The second-order valence-corrected chi connectivity index (χ2v) is 5.92. The summed E-state index contributed by atoms with van der Waals surface area (Å²) in [5, 5.41) is 8.11. The van der Waals surface area contributed by atoms with Crippen LogP contribution in [0.15, 0.2) is 24.3 Å². The summed E-state index contributed by atoms with van der Waals surface area (Å²) in [6, 6.07) is 7.23. The molecule has 2 heterocycles. The van der Waals surface area contributed by atoms with Gasteiger partial charge in [0.2, 0.25) is 5.91 Å². The number of methoxy groups -OCH3 is 1. The molecule has 0 aromatic heterocycles. The lowest BCUT2D eigenvalue weighted by molar-refractivity contribution is -0.122. The Balaban J connectivity index is 1.50. The predicted molar refractivity (Wildman–Crippen MR) is 86.6 cm³/mol. The molecule has 2 aliphatic rings. The maximum absolute atomic E-state index is 12.0. The topological polar surface area (TPSA) is 82.7 Å². The normalized spacial score (nSPS) is 23.3. The van der Waals surface area contributed by atoms with Crippen LogP contribution < -0.4 is 25.6 Å². The average molecular weight is 318 g/mol. The first-order valence-corrected chi connectivity index (χ1v) is 7.87. The molecule has 0 unspecified atom stereocenters. The van der Waals surface area contributed by atoms with Crippen LogP contribution in [-0.2, 0) is 4.79 Å². The summed E-state index contributed by atoms with van der Waals surface area (Å²) < 4.78 is 5.41. The number of para-hydroxylation sites is 2. The van der Waals surface area contributed by atoms with E-state index >= 15 is 0 Å². The number of benzene rings is 1. The summed E-state index contributed by atoms with van der Waals surface area (Å²) in [5.41, 5.74) is 1.09. The largest absolute Gasteiger partial charge is 0.495 e. The molecule has 0 saturated carbocycles. The van der Waals surface area contributed by atoms with Gasteiger partial charge in [-0.1, -0.05) is 12.1 Å². The molecule has 124 valence electrons. The van der Waals surface area contributed by atoms with Crippen molar-refractivity contribution in [2.24, 2.45) is 5.92 Å². The van der Waals surface area contributed by atoms with E-state index in [-0.39, 0.29) is 11.9 Å². The van der Waals surface area contributed by atoms with Gasteiger partial charge in [0, 0.05) is 26.2 Å². The summed E-state index contributed by atoms with van der Waals surface area (Å²) in [7, 11) is 1.68. The highest BCUT2D eigenvalue weighted by molar-refractivity contribution is 5.90. The third-order valence-electron chi connectivity index (χ3n) is 4.37. The summed E-state index contributed by atoms with van der Waals surface area (Å²) in [5.74, 6) is 1.14. The number of hydrogen-bond donors (Lipinski definition) is 3. The number of anilines is 1. The van der Waals surface area contributed by atoms with E-state index < -0.39 is 6.04 Å². The zero-order chi connectivity index (χ0) is 16.2. The molecule has 3 rings (SSSR count). The van der Waals surface area contributed by atoms with Crippen LogP contribution >= 0.6 is 0 Å². The number of rotatable bonds is 5. The number of nitrogens with one attached hydrogen (secondary N) is 3. The van der Waals surface area contributed by atoms with Gasteiger partial charge in [-0.25, -0.2) is 4.79 Å². The Morgan fingerprint density at radius 2 is 2.26 bits per heavy atom. The number of carbonyl (C=O) groups is 2. The minimum Gasteiger partial charge on any atom is -0.495 e. The van der Waals surface area contributed by atoms with E-state index in [9.17, 15) is 9.59 Å². The minimum absolute atomic E-state index is 0.126. The Bertz CT molecular complexity index is 592. The predicted octanol–water partition coefficient (Wildman–Crippen LogP) is 0.319. The van der Waals surface area contributed by atoms with Gasteiger partial charge in [-0.3, -0.25) is 4.79 Å². The van der Waals surface area contributed by atoms with E-state index in [0.717, 1.165) is 30.9 Å². The summed E-state index contributed by atoms with van der Waals surface area (Å²) >= 11 is 0. The number of hydrogen-bond acceptors (Lipinski definition) is 4. The fourth-order valence-electron chi connectivity index (χ4n) is 3.09. The van der Waals surface area contributed by atoms with Crippen LogP contribution in [-0.4, -0.2) is 51.3 Å². The Hall–Kier alpha value is -2.44. The van der Waals surface area contributed by atoms with E-state index in [1.54, 1.807) is 7.11 Å². The van der Waals surface area contributed by atoms with Crippen molar-refractivity contribution in [3.05, 3.63) is 24.3 Å². The van der Waals surface area contributed by atoms with Crippen LogP contribution in [0.2, 0.25) is 0 Å². The van der Waals surface area contributed by atoms with Crippen molar-refractivity contribution < 1.29 is 14.3 Å². The molecule has 2 aliphatic heterocycles. The lowest BCUT2D eigenvalue weighted by atomic mass is 10.1. The van der Waals surface area contributed by atoms with E-state index in [4.69, 9.17) is 4.74 Å². The van der Waals surface area contributed by atoms with Gasteiger partial charge in [0.15, 0.2) is 0 Å². The van der Waals surface area contributed by atoms with Crippen molar-refractivity contribution in [2.75, 3.05) is 38.2 Å². The van der Waals surface area contributed by atoms with Crippen molar-refractivity contribution in [3.63, 3.8) is 0 Å². The molecule has 0 bridgehead atoms. The first kappa shape index (κ1) is 15.5. The Morgan fingerprint density at radius 1 is 1.43 bits per heavy atom. The average Bonchev–Trinajstić information content (AvgIpc) is 3.21. The van der Waals surface area contributed by atoms with Crippen LogP contribution in [0, 0.1) is 5.92 Å². The van der Waals surface area contributed by atoms with Gasteiger partial charge in [0.1, 0.15) is 11.8 Å². The van der Waals surface area contributed by atoms with Crippen molar-refractivity contribution >= 4 is 17.6 Å². The second-order valence-electron chi connectivity index (χ2n) is 5.92. The first-order valence-electron chi connectivity index (χ1n) is 7.87. The van der Waals surface area contributed by atoms with E-state index in [1.165, 1.54) is 0 Å². The highest BCUT2D eigenvalue weighted by Gasteiger charge is 2.29. The number of carbonyl (C=O) groups excluding carboxylic acids is 2. The summed E-state index contributed by atoms with van der Waals surface area (Å²) in [4.78, 5) is 25.3. The molecule has 7 nitrogen and oxygen atoms in total. The van der Waals surface area contributed by atoms with Gasteiger partial charge in [-0.05, 0) is 24.5 Å². The Morgan fingerprint density at radius 3 is 3.00 bits per heavy atom. The van der Waals surface area contributed by atoms with Gasteiger partial charge >= 0.3 is 6.03 Å². The molecule has 3 N–H and O–H groups in total. The second kappa shape index (κ2) is 6.76. The highest BCUT2D eigenvalue weighted by Crippen LogP contribution is 2.31. The third-order valence-corrected chi connectivity index (χ3v) is 4.37. The fourth-order valence-corrected chi connectivity index (χ4v) is 3.09. The quantitative estimate of drug-likeness (QED) is 0.730. The van der Waals surface area contributed by atoms with Crippen LogP contribution in [0.3, 0.4) is 0 Å². The van der Waals surface area contributed by atoms with Crippen molar-refractivity contribution in [1.82, 2.24) is 16.0 Å². The minimum atomic E-state index is -0.464. The van der Waals surface area contributed by atoms with Crippen molar-refractivity contribution in [2.45, 2.75) is 12.5 Å². The molecular formula is C16H22N4O3. The number of ether oxygens (including phenoxy) is 1. The lowest BCUT2D eigenvalue weighted by Gasteiger charge is -2.21. The van der Waals surface area contributed by atoms with Crippen LogP contribution in [0.1, 0.15) is 6.42 Å². The Kier molecular flexibility index (Phi) is 4.55. The molecule has 0 spiro atoms. The lowest BCUT2D eigenvalue weighted by Crippen LogP contribution is -2.44. The van der Waals surface area contributed by atoms with Gasteiger partial charge < -0.3 is 25.6 Å². The number of amides is 3. The molecule has 7 heteroatoms. The Labute approximate surface area is 135 Å². The molecule has 23 heavy (non-hydrogen) atoms. The van der Waals surface area contributed by atoms with E-state index in [1.807, 2.05) is 18.2 Å². The molecular weight excluding hydrogens is 296 g/mol. The molecule has 0 aliphatic carbocycles. The molecule has 2 atom stereocenters. The summed E-state index contributed by atoms with van der Waals surface area (Å²) in [6.45, 7) is 2.80. The molecule has 2 fully saturated rings. The zero-order valence-corrected chi connectivity index (χ0v) is 13.2. The third kappa shape index (κ3) is 3.49. The molecule has 1 aromatic rings. The van der Waals surface area contributed by atoms with Crippen LogP contribution in [0.5, 0.6) is 5.75 Å². The van der Waals surface area contributed by atoms with E-state index in [2.05, 4.69) is 26.9 Å². The molecule has 3 amide bonds. The van der Waals surface area contributed by atoms with Crippen molar-refractivity contribution in [3.8, 4) is 5.75 Å². The molecule has 1 aromatic carbocycles. The first-order chi connectivity index (χ1) is 11.2. The van der Waals surface area contributed by atoms with Gasteiger partial charge in [0.05, 0.1) is 12.8 Å². The standard InChI is InChI=1S/C16H22N4O3/c1-23-14-5-3-2-4-13(14)20-7-6-11(10-20)8-17-15(21)12-9-18-16(22)19-12/h2-5,11-12H,6-10H2,1H3,(H,17,21)(H2,18,19,22)/t11-,12+/m1/s1. The number of nitrogens with zero attached hydrogens (tertiary/aromatic N) is 1. The van der Waals surface area contributed by atoms with Gasteiger partial charge in [0.25, 0.3) is 0 Å². The smallest absolute Gasteiger partial charge is 0.315 e. The molecule has 0 radical (unpaired) electrons. The fraction of sp³-hybridized carbons (Fsp3) is 0.500. The maximum Gasteiger partial charge on any atom is 0.315 e. The molecule has 2 saturated heterocycles. The van der Waals surface area contributed by atoms with Crippen molar-refractivity contribution in [1.29, 1.82) is 0 Å². The van der Waals surface area contributed by atoms with E-state index in [0.29, 0.717) is 19.0 Å². The zero-order valence-electron chi connectivity index (χ0n) is 13.2. The monoisotopic (exact) mass is 318 g/mol. The summed E-state index contributed by atoms with van der Waals surface area (Å²) in [6.07, 6.45) is 1.02. The van der Waals surface area contributed by atoms with Gasteiger partial charge in [-0.15, -0.1) is 0 Å². The van der Waals surface area contributed by atoms with Gasteiger partial charge in [-0.2, -0.15) is 0 Å². The maximum atomic E-state index is 12.0. The van der Waals surface area contributed by atoms with Crippen LogP contribution in [0.4, 0.5) is 10.5 Å². The van der Waals surface area contributed by atoms with Crippen LogP contribution in [0.25, 0.3) is 0 Å².